The number of carbonyl (C=O) groups is 1. The number of anilines is 1. The maximum absolute atomic E-state index is 12.3. The highest BCUT2D eigenvalue weighted by Gasteiger charge is 2.35. The number of aromatic nitrogens is 2. The molecule has 2 fully saturated rings. The number of amides is 2. The fraction of sp³-hybridized carbons (Fsp3) is 0.636. The number of urea groups is 1. The van der Waals surface area contributed by atoms with Crippen LogP contribution in [-0.2, 0) is 0 Å². The van der Waals surface area contributed by atoms with Crippen molar-refractivity contribution in [3.05, 3.63) is 12.3 Å². The summed E-state index contributed by atoms with van der Waals surface area (Å²) in [5.41, 5.74) is 0. The van der Waals surface area contributed by atoms with Crippen molar-refractivity contribution in [1.82, 2.24) is 20.4 Å². The number of nitrogens with zero attached hydrogens (tertiary/aromatic N) is 3. The van der Waals surface area contributed by atoms with Crippen LogP contribution in [0.2, 0.25) is 0 Å². The van der Waals surface area contributed by atoms with Gasteiger partial charge in [-0.2, -0.15) is 5.10 Å². The van der Waals surface area contributed by atoms with E-state index < -0.39 is 0 Å². The Morgan fingerprint density at radius 1 is 1.41 bits per heavy atom. The third-order valence-electron chi connectivity index (χ3n) is 3.53. The Bertz CT molecular complexity index is 385. The van der Waals surface area contributed by atoms with Gasteiger partial charge < -0.3 is 10.2 Å². The second-order valence-electron chi connectivity index (χ2n) is 4.57. The van der Waals surface area contributed by atoms with E-state index in [1.54, 1.807) is 11.1 Å². The fourth-order valence-electron chi connectivity index (χ4n) is 2.61. The van der Waals surface area contributed by atoms with Crippen molar-refractivity contribution in [2.75, 3.05) is 31.1 Å². The van der Waals surface area contributed by atoms with Gasteiger partial charge >= 0.3 is 6.03 Å². The van der Waals surface area contributed by atoms with Crippen molar-refractivity contribution in [2.24, 2.45) is 0 Å². The summed E-state index contributed by atoms with van der Waals surface area (Å²) in [6.07, 6.45) is 3.93. The highest BCUT2D eigenvalue weighted by atomic mass is 16.2. The largest absolute Gasteiger partial charge is 0.326 e. The molecule has 2 aliphatic heterocycles. The summed E-state index contributed by atoms with van der Waals surface area (Å²) in [6, 6.07) is 2.28. The molecule has 0 spiro atoms. The second-order valence-corrected chi connectivity index (χ2v) is 4.57. The number of carbonyl (C=O) groups excluding carboxylic acids is 1. The Labute approximate surface area is 100.0 Å². The Morgan fingerprint density at radius 2 is 2.35 bits per heavy atom. The molecule has 0 aromatic carbocycles. The Kier molecular flexibility index (Phi) is 2.72. The van der Waals surface area contributed by atoms with E-state index in [2.05, 4.69) is 15.5 Å². The van der Waals surface area contributed by atoms with Crippen molar-refractivity contribution in [2.45, 2.75) is 18.9 Å². The van der Waals surface area contributed by atoms with Gasteiger partial charge in [-0.15, -0.1) is 0 Å². The van der Waals surface area contributed by atoms with Crippen molar-refractivity contribution in [3.8, 4) is 0 Å². The molecule has 2 N–H and O–H groups in total. The average molecular weight is 235 g/mol. The van der Waals surface area contributed by atoms with E-state index in [4.69, 9.17) is 0 Å². The van der Waals surface area contributed by atoms with Crippen LogP contribution in [0.3, 0.4) is 0 Å². The van der Waals surface area contributed by atoms with Gasteiger partial charge in [-0.1, -0.05) is 0 Å². The van der Waals surface area contributed by atoms with Crippen LogP contribution in [0, 0.1) is 0 Å². The molecule has 6 heteroatoms. The monoisotopic (exact) mass is 235 g/mol. The molecule has 0 radical (unpaired) electrons. The van der Waals surface area contributed by atoms with Crippen LogP contribution in [0.1, 0.15) is 12.8 Å². The van der Waals surface area contributed by atoms with Gasteiger partial charge in [0.15, 0.2) is 0 Å². The third kappa shape index (κ3) is 1.88. The molecule has 1 unspecified atom stereocenters. The number of hydrogen-bond donors (Lipinski definition) is 2. The first-order chi connectivity index (χ1) is 8.36. The van der Waals surface area contributed by atoms with E-state index >= 15 is 0 Å². The Hall–Kier alpha value is -1.56. The standard InChI is InChI=1S/C11H17N5O/c17-11-15(9-2-1-4-12-8-9)6-7-16(11)10-3-5-13-14-10/h3,5,9,12H,1-2,4,6-8H2,(H,13,14). The minimum atomic E-state index is 0.1000. The van der Waals surface area contributed by atoms with Gasteiger partial charge in [-0.3, -0.25) is 10.00 Å². The van der Waals surface area contributed by atoms with E-state index in [1.165, 1.54) is 0 Å². The van der Waals surface area contributed by atoms with Gasteiger partial charge in [-0.05, 0) is 19.4 Å². The molecule has 1 aromatic heterocycles. The maximum Gasteiger partial charge on any atom is 0.326 e. The third-order valence-corrected chi connectivity index (χ3v) is 3.53. The van der Waals surface area contributed by atoms with Crippen LogP contribution in [0.4, 0.5) is 10.6 Å². The topological polar surface area (TPSA) is 64.3 Å². The molecule has 17 heavy (non-hydrogen) atoms. The van der Waals surface area contributed by atoms with Crippen LogP contribution in [-0.4, -0.2) is 53.3 Å². The van der Waals surface area contributed by atoms with Crippen molar-refractivity contribution in [3.63, 3.8) is 0 Å². The molecule has 6 nitrogen and oxygen atoms in total. The predicted molar refractivity (Wildman–Crippen MR) is 63.9 cm³/mol. The zero-order chi connectivity index (χ0) is 11.7. The zero-order valence-electron chi connectivity index (χ0n) is 9.72. The van der Waals surface area contributed by atoms with Gasteiger partial charge in [0.1, 0.15) is 5.82 Å². The summed E-state index contributed by atoms with van der Waals surface area (Å²) in [4.78, 5) is 16.0. The quantitative estimate of drug-likeness (QED) is 0.780. The first kappa shape index (κ1) is 10.6. The summed E-state index contributed by atoms with van der Waals surface area (Å²) in [5.74, 6) is 0.793. The molecule has 3 rings (SSSR count). The molecule has 0 aliphatic carbocycles. The van der Waals surface area contributed by atoms with Gasteiger partial charge in [0.25, 0.3) is 0 Å². The van der Waals surface area contributed by atoms with Gasteiger partial charge in [-0.25, -0.2) is 4.79 Å². The SMILES string of the molecule is O=C1N(c2ccn[nH]2)CCN1C1CCCNC1. The number of hydrogen-bond acceptors (Lipinski definition) is 3. The molecule has 1 aromatic rings. The molecule has 2 amide bonds. The van der Waals surface area contributed by atoms with Crippen LogP contribution in [0.5, 0.6) is 0 Å². The zero-order valence-corrected chi connectivity index (χ0v) is 9.72. The molecule has 3 heterocycles. The normalized spacial score (nSPS) is 25.6. The van der Waals surface area contributed by atoms with Crippen LogP contribution >= 0.6 is 0 Å². The summed E-state index contributed by atoms with van der Waals surface area (Å²) in [5, 5.41) is 10.1. The predicted octanol–water partition coefficient (Wildman–Crippen LogP) is 0.404. The first-order valence-electron chi connectivity index (χ1n) is 6.14. The molecule has 0 bridgehead atoms. The Balaban J connectivity index is 1.71. The number of H-pyrrole nitrogens is 1. The molecule has 2 saturated heterocycles. The van der Waals surface area contributed by atoms with Crippen molar-refractivity contribution >= 4 is 11.8 Å². The summed E-state index contributed by atoms with van der Waals surface area (Å²) in [6.45, 7) is 3.55. The van der Waals surface area contributed by atoms with E-state index in [-0.39, 0.29) is 6.03 Å². The maximum atomic E-state index is 12.3. The first-order valence-corrected chi connectivity index (χ1v) is 6.14. The lowest BCUT2D eigenvalue weighted by atomic mass is 10.1. The smallest absolute Gasteiger partial charge is 0.318 e. The second kappa shape index (κ2) is 4.37. The minimum absolute atomic E-state index is 0.1000. The number of nitrogens with one attached hydrogen (secondary N) is 2. The average Bonchev–Trinajstić information content (AvgIpc) is 2.99. The molecule has 1 atom stereocenters. The summed E-state index contributed by atoms with van der Waals surface area (Å²) >= 11 is 0. The number of rotatable bonds is 2. The lowest BCUT2D eigenvalue weighted by Gasteiger charge is -2.31. The lowest BCUT2D eigenvalue weighted by molar-refractivity contribution is 0.187. The van der Waals surface area contributed by atoms with Crippen LogP contribution in [0.15, 0.2) is 12.3 Å². The number of aromatic amines is 1. The van der Waals surface area contributed by atoms with Crippen molar-refractivity contribution in [1.29, 1.82) is 0 Å². The minimum Gasteiger partial charge on any atom is -0.318 e. The van der Waals surface area contributed by atoms with Crippen molar-refractivity contribution < 1.29 is 4.79 Å². The van der Waals surface area contributed by atoms with Crippen LogP contribution in [0.25, 0.3) is 0 Å². The summed E-state index contributed by atoms with van der Waals surface area (Å²) < 4.78 is 0. The molecule has 2 aliphatic rings. The summed E-state index contributed by atoms with van der Waals surface area (Å²) in [7, 11) is 0. The molecular weight excluding hydrogens is 218 g/mol. The fourth-order valence-corrected chi connectivity index (χ4v) is 2.61. The van der Waals surface area contributed by atoms with Gasteiger partial charge in [0, 0.05) is 31.7 Å². The highest BCUT2D eigenvalue weighted by Crippen LogP contribution is 2.21. The van der Waals surface area contributed by atoms with E-state index in [0.29, 0.717) is 6.04 Å². The van der Waals surface area contributed by atoms with E-state index in [0.717, 1.165) is 44.8 Å². The van der Waals surface area contributed by atoms with Gasteiger partial charge in [0.2, 0.25) is 0 Å². The van der Waals surface area contributed by atoms with E-state index in [9.17, 15) is 4.79 Å². The Morgan fingerprint density at radius 3 is 3.06 bits per heavy atom. The molecular formula is C11H17N5O. The molecule has 92 valence electrons. The molecule has 0 saturated carbocycles. The van der Waals surface area contributed by atoms with E-state index in [1.807, 2.05) is 11.0 Å². The van der Waals surface area contributed by atoms with Gasteiger partial charge in [0.05, 0.1) is 6.20 Å². The lowest BCUT2D eigenvalue weighted by Crippen LogP contribution is -2.47. The van der Waals surface area contributed by atoms with Crippen LogP contribution < -0.4 is 10.2 Å². The highest BCUT2D eigenvalue weighted by molar-refractivity contribution is 5.93. The number of piperidine rings is 1.